The second-order valence-electron chi connectivity index (χ2n) is 6.52. The molecule has 0 atom stereocenters. The quantitative estimate of drug-likeness (QED) is 0.382. The molecule has 5 nitrogen and oxygen atoms in total. The van der Waals surface area contributed by atoms with E-state index in [4.69, 9.17) is 25.8 Å². The molecule has 0 spiro atoms. The monoisotopic (exact) mass is 457 g/mol. The van der Waals surface area contributed by atoms with E-state index in [0.717, 1.165) is 16.2 Å². The third-order valence-electron chi connectivity index (χ3n) is 4.47. The number of nitrogens with one attached hydrogen (secondary N) is 1. The summed E-state index contributed by atoms with van der Waals surface area (Å²) in [7, 11) is 3.13. The predicted octanol–water partition coefficient (Wildman–Crippen LogP) is 6.30. The molecular formula is C24H24ClNO4S. The van der Waals surface area contributed by atoms with Gasteiger partial charge >= 0.3 is 0 Å². The number of halogens is 1. The molecule has 162 valence electrons. The van der Waals surface area contributed by atoms with Gasteiger partial charge in [0.15, 0.2) is 11.5 Å². The second kappa shape index (κ2) is 11.0. The van der Waals surface area contributed by atoms with Crippen molar-refractivity contribution in [1.82, 2.24) is 0 Å². The van der Waals surface area contributed by atoms with E-state index in [1.54, 1.807) is 50.2 Å². The standard InChI is InChI=1S/C24H24ClNO4S/c1-4-30-21-11-5-16(13-17(21)15-31-20-9-6-18(25)7-10-20)24(27)26-19-8-12-22(28-2)23(14-19)29-3/h5-14H,4,15H2,1-3H3,(H,26,27). The van der Waals surface area contributed by atoms with E-state index >= 15 is 0 Å². The molecule has 0 aliphatic rings. The number of hydrogen-bond donors (Lipinski definition) is 1. The first-order valence-electron chi connectivity index (χ1n) is 9.71. The predicted molar refractivity (Wildman–Crippen MR) is 126 cm³/mol. The van der Waals surface area contributed by atoms with Crippen LogP contribution in [-0.2, 0) is 5.75 Å². The third-order valence-corrected chi connectivity index (χ3v) is 5.78. The van der Waals surface area contributed by atoms with E-state index in [9.17, 15) is 4.79 Å². The normalized spacial score (nSPS) is 10.5. The minimum Gasteiger partial charge on any atom is -0.494 e. The van der Waals surface area contributed by atoms with Gasteiger partial charge in [-0.25, -0.2) is 0 Å². The Bertz CT molecular complexity index is 1040. The van der Waals surface area contributed by atoms with Crippen molar-refractivity contribution in [2.75, 3.05) is 26.1 Å². The van der Waals surface area contributed by atoms with Gasteiger partial charge in [0.05, 0.1) is 20.8 Å². The molecular weight excluding hydrogens is 434 g/mol. The molecule has 7 heteroatoms. The van der Waals surface area contributed by atoms with Crippen molar-refractivity contribution in [2.45, 2.75) is 17.6 Å². The number of rotatable bonds is 9. The van der Waals surface area contributed by atoms with Crippen molar-refractivity contribution in [3.05, 3.63) is 76.8 Å². The third kappa shape index (κ3) is 6.09. The Kier molecular flexibility index (Phi) is 8.09. The number of methoxy groups -OCH3 is 2. The van der Waals surface area contributed by atoms with Gasteiger partial charge in [0.25, 0.3) is 5.91 Å². The average molecular weight is 458 g/mol. The fraction of sp³-hybridized carbons (Fsp3) is 0.208. The number of carbonyl (C=O) groups is 1. The summed E-state index contributed by atoms with van der Waals surface area (Å²) in [6.45, 7) is 2.49. The zero-order valence-corrected chi connectivity index (χ0v) is 19.2. The number of benzene rings is 3. The summed E-state index contributed by atoms with van der Waals surface area (Å²) in [6.07, 6.45) is 0. The molecule has 3 aromatic carbocycles. The van der Waals surface area contributed by atoms with Gasteiger partial charge in [0, 0.05) is 38.6 Å². The lowest BCUT2D eigenvalue weighted by molar-refractivity contribution is 0.102. The SMILES string of the molecule is CCOc1ccc(C(=O)Nc2ccc(OC)c(OC)c2)cc1CSc1ccc(Cl)cc1. The summed E-state index contributed by atoms with van der Waals surface area (Å²) >= 11 is 7.62. The number of anilines is 1. The van der Waals surface area contributed by atoms with E-state index in [1.807, 2.05) is 43.3 Å². The molecule has 0 saturated heterocycles. The van der Waals surface area contributed by atoms with Crippen LogP contribution in [0.3, 0.4) is 0 Å². The Morgan fingerprint density at radius 3 is 2.32 bits per heavy atom. The van der Waals surface area contributed by atoms with Crippen LogP contribution in [-0.4, -0.2) is 26.7 Å². The van der Waals surface area contributed by atoms with Gasteiger partial charge in [-0.1, -0.05) is 11.6 Å². The number of ether oxygens (including phenoxy) is 3. The van der Waals surface area contributed by atoms with Crippen LogP contribution in [0.2, 0.25) is 5.02 Å². The largest absolute Gasteiger partial charge is 0.494 e. The van der Waals surface area contributed by atoms with Crippen LogP contribution in [0.25, 0.3) is 0 Å². The molecule has 0 unspecified atom stereocenters. The summed E-state index contributed by atoms with van der Waals surface area (Å²) in [5.41, 5.74) is 2.11. The lowest BCUT2D eigenvalue weighted by Crippen LogP contribution is -2.12. The summed E-state index contributed by atoms with van der Waals surface area (Å²) in [5.74, 6) is 2.36. The number of thioether (sulfide) groups is 1. The first-order valence-corrected chi connectivity index (χ1v) is 11.1. The molecule has 0 fully saturated rings. The maximum Gasteiger partial charge on any atom is 0.255 e. The molecule has 1 N–H and O–H groups in total. The van der Waals surface area contributed by atoms with Gasteiger partial charge in [-0.2, -0.15) is 0 Å². The van der Waals surface area contributed by atoms with E-state index < -0.39 is 0 Å². The van der Waals surface area contributed by atoms with Crippen LogP contribution in [0.5, 0.6) is 17.2 Å². The maximum atomic E-state index is 12.9. The maximum absolute atomic E-state index is 12.9. The zero-order chi connectivity index (χ0) is 22.2. The molecule has 0 bridgehead atoms. The van der Waals surface area contributed by atoms with Gasteiger partial charge in [-0.15, -0.1) is 11.8 Å². The molecule has 0 aliphatic heterocycles. The van der Waals surface area contributed by atoms with Crippen molar-refractivity contribution < 1.29 is 19.0 Å². The molecule has 3 aromatic rings. The second-order valence-corrected chi connectivity index (χ2v) is 8.01. The molecule has 0 aromatic heterocycles. The molecule has 0 radical (unpaired) electrons. The van der Waals surface area contributed by atoms with Gasteiger partial charge in [-0.3, -0.25) is 4.79 Å². The summed E-state index contributed by atoms with van der Waals surface area (Å²) < 4.78 is 16.3. The molecule has 0 heterocycles. The van der Waals surface area contributed by atoms with Crippen LogP contribution < -0.4 is 19.5 Å². The van der Waals surface area contributed by atoms with Gasteiger partial charge in [0.2, 0.25) is 0 Å². The van der Waals surface area contributed by atoms with E-state index in [2.05, 4.69) is 5.32 Å². The topological polar surface area (TPSA) is 56.8 Å². The molecule has 0 saturated carbocycles. The number of hydrogen-bond acceptors (Lipinski definition) is 5. The van der Waals surface area contributed by atoms with E-state index in [0.29, 0.717) is 40.1 Å². The van der Waals surface area contributed by atoms with Crippen LogP contribution >= 0.6 is 23.4 Å². The van der Waals surface area contributed by atoms with Crippen molar-refractivity contribution in [2.24, 2.45) is 0 Å². The lowest BCUT2D eigenvalue weighted by atomic mass is 10.1. The number of carbonyl (C=O) groups excluding carboxylic acids is 1. The molecule has 3 rings (SSSR count). The van der Waals surface area contributed by atoms with Gasteiger partial charge < -0.3 is 19.5 Å². The zero-order valence-electron chi connectivity index (χ0n) is 17.6. The van der Waals surface area contributed by atoms with Crippen LogP contribution in [0, 0.1) is 0 Å². The fourth-order valence-electron chi connectivity index (χ4n) is 2.94. The molecule has 1 amide bonds. The van der Waals surface area contributed by atoms with Crippen molar-refractivity contribution in [3.63, 3.8) is 0 Å². The van der Waals surface area contributed by atoms with Crippen LogP contribution in [0.1, 0.15) is 22.8 Å². The minimum absolute atomic E-state index is 0.215. The molecule has 31 heavy (non-hydrogen) atoms. The summed E-state index contributed by atoms with van der Waals surface area (Å²) in [5, 5.41) is 3.61. The van der Waals surface area contributed by atoms with Crippen molar-refractivity contribution in [3.8, 4) is 17.2 Å². The molecule has 0 aliphatic carbocycles. The van der Waals surface area contributed by atoms with Crippen LogP contribution in [0.4, 0.5) is 5.69 Å². The minimum atomic E-state index is -0.215. The summed E-state index contributed by atoms with van der Waals surface area (Å²) in [6, 6.07) is 18.4. The summed E-state index contributed by atoms with van der Waals surface area (Å²) in [4.78, 5) is 13.9. The average Bonchev–Trinajstić information content (AvgIpc) is 2.79. The first-order chi connectivity index (χ1) is 15.0. The fourth-order valence-corrected chi connectivity index (χ4v) is 3.94. The highest BCUT2D eigenvalue weighted by Gasteiger charge is 2.13. The Labute approximate surface area is 191 Å². The van der Waals surface area contributed by atoms with E-state index in [-0.39, 0.29) is 5.91 Å². The Balaban J connectivity index is 1.78. The Morgan fingerprint density at radius 2 is 1.65 bits per heavy atom. The highest BCUT2D eigenvalue weighted by Crippen LogP contribution is 2.32. The first kappa shape index (κ1) is 22.8. The Hall–Kier alpha value is -2.83. The Morgan fingerprint density at radius 1 is 0.935 bits per heavy atom. The highest BCUT2D eigenvalue weighted by molar-refractivity contribution is 7.98. The van der Waals surface area contributed by atoms with Crippen LogP contribution in [0.15, 0.2) is 65.6 Å². The number of amides is 1. The van der Waals surface area contributed by atoms with Crippen molar-refractivity contribution in [1.29, 1.82) is 0 Å². The highest BCUT2D eigenvalue weighted by atomic mass is 35.5. The van der Waals surface area contributed by atoms with E-state index in [1.165, 1.54) is 0 Å². The van der Waals surface area contributed by atoms with Crippen molar-refractivity contribution >= 4 is 35.0 Å². The smallest absolute Gasteiger partial charge is 0.255 e. The van der Waals surface area contributed by atoms with Gasteiger partial charge in [-0.05, 0) is 61.5 Å². The van der Waals surface area contributed by atoms with Gasteiger partial charge in [0.1, 0.15) is 5.75 Å². The lowest BCUT2D eigenvalue weighted by Gasteiger charge is -2.13.